The van der Waals surface area contributed by atoms with Crippen molar-refractivity contribution in [3.05, 3.63) is 12.1 Å². The van der Waals surface area contributed by atoms with E-state index in [0.717, 1.165) is 0 Å². The zero-order valence-electron chi connectivity index (χ0n) is 8.47. The fourth-order valence-electron chi connectivity index (χ4n) is 0.976. The molecule has 0 amide bonds. The topological polar surface area (TPSA) is 161 Å². The number of hydrogen-bond donors (Lipinski definition) is 4. The standard InChI is InChI=1S/C6H8N2O6S4/c7-3-1-2-4(8)6(16-18(12,13)14)5(3)15-17(9,10)11/h1-2H,7-8H2,(H,9,10,11)(H,12,13,14). The molecule has 8 nitrogen and oxygen atoms in total. The van der Waals surface area contributed by atoms with Gasteiger partial charge in [-0.25, -0.2) is 0 Å². The van der Waals surface area contributed by atoms with Gasteiger partial charge in [0.2, 0.25) is 0 Å². The van der Waals surface area contributed by atoms with Crippen molar-refractivity contribution in [2.75, 3.05) is 11.5 Å². The second kappa shape index (κ2) is 5.14. The molecule has 1 aromatic carbocycles. The summed E-state index contributed by atoms with van der Waals surface area (Å²) in [5, 5.41) is 0. The minimum Gasteiger partial charge on any atom is -0.398 e. The Morgan fingerprint density at radius 1 is 0.833 bits per heavy atom. The third kappa shape index (κ3) is 4.55. The Morgan fingerprint density at radius 3 is 1.33 bits per heavy atom. The lowest BCUT2D eigenvalue weighted by atomic mass is 10.3. The molecule has 0 radical (unpaired) electrons. The Morgan fingerprint density at radius 2 is 1.11 bits per heavy atom. The van der Waals surface area contributed by atoms with Crippen LogP contribution in [-0.4, -0.2) is 25.9 Å². The van der Waals surface area contributed by atoms with Gasteiger partial charge in [0.15, 0.2) is 0 Å². The van der Waals surface area contributed by atoms with Crippen LogP contribution in [0.2, 0.25) is 0 Å². The van der Waals surface area contributed by atoms with Crippen molar-refractivity contribution in [2.24, 2.45) is 0 Å². The van der Waals surface area contributed by atoms with E-state index in [0.29, 0.717) is 0 Å². The fourth-order valence-corrected chi connectivity index (χ4v) is 5.02. The number of anilines is 2. The summed E-state index contributed by atoms with van der Waals surface area (Å²) in [5.41, 5.74) is 10.8. The quantitative estimate of drug-likeness (QED) is 0.350. The van der Waals surface area contributed by atoms with Crippen molar-refractivity contribution in [1.29, 1.82) is 0 Å². The smallest absolute Gasteiger partial charge is 0.324 e. The summed E-state index contributed by atoms with van der Waals surface area (Å²) in [7, 11) is -9.14. The van der Waals surface area contributed by atoms with E-state index in [1.165, 1.54) is 12.1 Å². The summed E-state index contributed by atoms with van der Waals surface area (Å²) in [5.74, 6) is 0. The Balaban J connectivity index is 3.43. The van der Waals surface area contributed by atoms with Crippen molar-refractivity contribution in [3.8, 4) is 0 Å². The Kier molecular flexibility index (Phi) is 4.40. The molecule has 0 aliphatic heterocycles. The van der Waals surface area contributed by atoms with E-state index in [4.69, 9.17) is 20.6 Å². The second-order valence-corrected chi connectivity index (χ2v) is 9.31. The summed E-state index contributed by atoms with van der Waals surface area (Å²) in [6.45, 7) is 0. The third-order valence-corrected chi connectivity index (χ3v) is 5.58. The van der Waals surface area contributed by atoms with E-state index in [9.17, 15) is 16.8 Å². The fraction of sp³-hybridized carbons (Fsp3) is 0. The van der Waals surface area contributed by atoms with Crippen LogP contribution in [0.3, 0.4) is 0 Å². The largest absolute Gasteiger partial charge is 0.398 e. The van der Waals surface area contributed by atoms with Crippen molar-refractivity contribution in [3.63, 3.8) is 0 Å². The first-order valence-corrected chi connectivity index (χ1v) is 9.56. The molecule has 0 fully saturated rings. The van der Waals surface area contributed by atoms with Crippen LogP contribution in [0.5, 0.6) is 0 Å². The number of benzene rings is 1. The number of nitrogens with two attached hydrogens (primary N) is 2. The normalized spacial score (nSPS) is 12.6. The van der Waals surface area contributed by atoms with Crippen molar-refractivity contribution < 1.29 is 25.9 Å². The van der Waals surface area contributed by atoms with Gasteiger partial charge in [0.05, 0.1) is 9.79 Å². The monoisotopic (exact) mass is 332 g/mol. The first kappa shape index (κ1) is 15.4. The van der Waals surface area contributed by atoms with E-state index in [-0.39, 0.29) is 42.8 Å². The summed E-state index contributed by atoms with van der Waals surface area (Å²) in [4.78, 5) is -0.528. The zero-order chi connectivity index (χ0) is 14.1. The van der Waals surface area contributed by atoms with Crippen LogP contribution in [0.15, 0.2) is 21.9 Å². The minimum absolute atomic E-state index is 0.0648. The predicted molar refractivity (Wildman–Crippen MR) is 70.1 cm³/mol. The average Bonchev–Trinajstić information content (AvgIpc) is 2.14. The maximum atomic E-state index is 10.8. The van der Waals surface area contributed by atoms with Gasteiger partial charge in [-0.05, 0) is 12.1 Å². The lowest BCUT2D eigenvalue weighted by molar-refractivity contribution is 0.500. The molecule has 0 spiro atoms. The van der Waals surface area contributed by atoms with Gasteiger partial charge in [-0.1, -0.05) is 0 Å². The number of rotatable bonds is 4. The lowest BCUT2D eigenvalue weighted by Gasteiger charge is -2.10. The van der Waals surface area contributed by atoms with Gasteiger partial charge in [0.1, 0.15) is 0 Å². The van der Waals surface area contributed by atoms with E-state index < -0.39 is 18.3 Å². The summed E-state index contributed by atoms with van der Waals surface area (Å²) < 4.78 is 60.6. The van der Waals surface area contributed by atoms with Crippen molar-refractivity contribution >= 4 is 51.3 Å². The average molecular weight is 332 g/mol. The molecule has 1 aromatic rings. The Hall–Kier alpha value is -0.660. The molecule has 0 unspecified atom stereocenters. The molecular formula is C6H8N2O6S4. The SMILES string of the molecule is Nc1ccc(N)c(SS(=O)(=O)O)c1SS(=O)(=O)O. The molecule has 102 valence electrons. The van der Waals surface area contributed by atoms with Gasteiger partial charge in [0.25, 0.3) is 0 Å². The van der Waals surface area contributed by atoms with Crippen LogP contribution in [0.1, 0.15) is 0 Å². The minimum atomic E-state index is -4.50. The highest BCUT2D eigenvalue weighted by atomic mass is 33.2. The summed E-state index contributed by atoms with van der Waals surface area (Å²) in [6.07, 6.45) is 0. The van der Waals surface area contributed by atoms with Gasteiger partial charge in [-0.2, -0.15) is 16.8 Å². The van der Waals surface area contributed by atoms with Crippen LogP contribution >= 0.6 is 21.6 Å². The van der Waals surface area contributed by atoms with E-state index in [2.05, 4.69) is 0 Å². The molecule has 6 N–H and O–H groups in total. The lowest BCUT2D eigenvalue weighted by Crippen LogP contribution is -2.01. The zero-order valence-corrected chi connectivity index (χ0v) is 11.7. The molecular weight excluding hydrogens is 324 g/mol. The molecule has 0 atom stereocenters. The predicted octanol–water partition coefficient (Wildman–Crippen LogP) is 0.641. The number of nitrogen functional groups attached to an aromatic ring is 2. The Bertz CT molecular complexity index is 609. The maximum Gasteiger partial charge on any atom is 0.324 e. The Labute approximate surface area is 110 Å². The van der Waals surface area contributed by atoms with Crippen molar-refractivity contribution in [2.45, 2.75) is 9.79 Å². The molecule has 12 heteroatoms. The summed E-state index contributed by atoms with van der Waals surface area (Å²) in [6, 6.07) is 2.49. The second-order valence-electron chi connectivity index (χ2n) is 2.92. The van der Waals surface area contributed by atoms with Gasteiger partial charge >= 0.3 is 18.3 Å². The molecule has 0 heterocycles. The van der Waals surface area contributed by atoms with Gasteiger partial charge in [-0.15, -0.1) is 0 Å². The van der Waals surface area contributed by atoms with E-state index in [1.54, 1.807) is 0 Å². The van der Waals surface area contributed by atoms with E-state index in [1.807, 2.05) is 0 Å². The molecule has 0 aromatic heterocycles. The number of hydrogen-bond acceptors (Lipinski definition) is 8. The summed E-state index contributed by atoms with van der Waals surface area (Å²) >= 11 is 0. The molecule has 0 bridgehead atoms. The van der Waals surface area contributed by atoms with Crippen LogP contribution in [-0.2, 0) is 18.3 Å². The third-order valence-electron chi connectivity index (χ3n) is 1.55. The van der Waals surface area contributed by atoms with Crippen LogP contribution in [0.4, 0.5) is 11.4 Å². The molecule has 18 heavy (non-hydrogen) atoms. The molecule has 0 aliphatic rings. The van der Waals surface area contributed by atoms with Gasteiger partial charge in [0, 0.05) is 33.0 Å². The molecule has 0 saturated carbocycles. The first-order valence-electron chi connectivity index (χ1n) is 4.01. The van der Waals surface area contributed by atoms with Crippen LogP contribution in [0.25, 0.3) is 0 Å². The molecule has 1 rings (SSSR count). The molecule has 0 saturated heterocycles. The van der Waals surface area contributed by atoms with Gasteiger partial charge < -0.3 is 11.5 Å². The first-order chi connectivity index (χ1) is 7.99. The highest BCUT2D eigenvalue weighted by Crippen LogP contribution is 2.42. The highest BCUT2D eigenvalue weighted by molar-refractivity contribution is 8.71. The van der Waals surface area contributed by atoms with Crippen LogP contribution in [0, 0.1) is 0 Å². The van der Waals surface area contributed by atoms with E-state index >= 15 is 0 Å². The maximum absolute atomic E-state index is 10.8. The van der Waals surface area contributed by atoms with Crippen LogP contribution < -0.4 is 11.5 Å². The van der Waals surface area contributed by atoms with Gasteiger partial charge in [-0.3, -0.25) is 9.11 Å². The highest BCUT2D eigenvalue weighted by Gasteiger charge is 2.22. The van der Waals surface area contributed by atoms with Crippen molar-refractivity contribution in [1.82, 2.24) is 0 Å². The molecule has 0 aliphatic carbocycles.